The molecule has 1 atom stereocenters. The topological polar surface area (TPSA) is 39.1 Å². The highest BCUT2D eigenvalue weighted by Gasteiger charge is 2.19. The van der Waals surface area contributed by atoms with Gasteiger partial charge in [-0.25, -0.2) is 0 Å². The van der Waals surface area contributed by atoms with Crippen LogP contribution in [0.25, 0.3) is 0 Å². The summed E-state index contributed by atoms with van der Waals surface area (Å²) in [6.07, 6.45) is 2.58. The number of hydrogen-bond donors (Lipinski definition) is 1. The lowest BCUT2D eigenvalue weighted by molar-refractivity contribution is 0.377. The van der Waals surface area contributed by atoms with Crippen molar-refractivity contribution < 1.29 is 0 Å². The van der Waals surface area contributed by atoms with Gasteiger partial charge < -0.3 is 10.2 Å². The van der Waals surface area contributed by atoms with E-state index in [2.05, 4.69) is 23.3 Å². The fourth-order valence-electron chi connectivity index (χ4n) is 2.01. The molecule has 0 aromatic heterocycles. The second-order valence-corrected chi connectivity index (χ2v) is 5.38. The summed E-state index contributed by atoms with van der Waals surface area (Å²) in [4.78, 5) is 2.39. The van der Waals surface area contributed by atoms with Crippen molar-refractivity contribution >= 4 is 0 Å². The number of nitrogens with zero attached hydrogens (tertiary/aromatic N) is 2. The average molecular weight is 209 g/mol. The molecule has 0 bridgehead atoms. The summed E-state index contributed by atoms with van der Waals surface area (Å²) >= 11 is 0. The predicted molar refractivity (Wildman–Crippen MR) is 62.5 cm³/mol. The summed E-state index contributed by atoms with van der Waals surface area (Å²) in [7, 11) is 2.19. The molecular formula is C12H23N3. The van der Waals surface area contributed by atoms with Gasteiger partial charge in [0, 0.05) is 13.1 Å². The van der Waals surface area contributed by atoms with Crippen LogP contribution in [0, 0.1) is 22.7 Å². The first kappa shape index (κ1) is 12.5. The van der Waals surface area contributed by atoms with Crippen LogP contribution in [0.2, 0.25) is 0 Å². The zero-order chi connectivity index (χ0) is 11.3. The Balaban J connectivity index is 2.05. The molecule has 86 valence electrons. The molecule has 1 saturated heterocycles. The first-order chi connectivity index (χ1) is 7.03. The van der Waals surface area contributed by atoms with E-state index >= 15 is 0 Å². The average Bonchev–Trinajstić information content (AvgIpc) is 2.59. The van der Waals surface area contributed by atoms with Crippen molar-refractivity contribution in [2.24, 2.45) is 11.3 Å². The lowest BCUT2D eigenvalue weighted by Gasteiger charge is -2.17. The van der Waals surface area contributed by atoms with Crippen LogP contribution in [-0.2, 0) is 0 Å². The van der Waals surface area contributed by atoms with E-state index in [1.165, 1.54) is 25.9 Å². The molecule has 1 unspecified atom stereocenters. The third-order valence-corrected chi connectivity index (χ3v) is 3.09. The second-order valence-electron chi connectivity index (χ2n) is 5.38. The molecule has 1 rings (SSSR count). The Kier molecular flexibility index (Phi) is 4.56. The van der Waals surface area contributed by atoms with Crippen LogP contribution in [0.1, 0.15) is 26.7 Å². The van der Waals surface area contributed by atoms with Crippen molar-refractivity contribution in [3.05, 3.63) is 0 Å². The summed E-state index contributed by atoms with van der Waals surface area (Å²) in [5.41, 5.74) is -0.230. The van der Waals surface area contributed by atoms with Gasteiger partial charge in [-0.2, -0.15) is 5.26 Å². The Morgan fingerprint density at radius 2 is 2.27 bits per heavy atom. The maximum absolute atomic E-state index is 8.84. The summed E-state index contributed by atoms with van der Waals surface area (Å²) < 4.78 is 0. The van der Waals surface area contributed by atoms with Gasteiger partial charge in [0.25, 0.3) is 0 Å². The van der Waals surface area contributed by atoms with E-state index in [-0.39, 0.29) is 5.41 Å². The number of rotatable bonds is 5. The van der Waals surface area contributed by atoms with Crippen molar-refractivity contribution in [1.82, 2.24) is 10.2 Å². The standard InChI is InChI=1S/C12H23N3/c1-12(2,9-13)10-14-6-4-11-5-7-15(3)8-11/h11,14H,4-8,10H2,1-3H3. The highest BCUT2D eigenvalue weighted by atomic mass is 15.1. The van der Waals surface area contributed by atoms with Crippen LogP contribution in [0.5, 0.6) is 0 Å². The smallest absolute Gasteiger partial charge is 0.0697 e. The van der Waals surface area contributed by atoms with Gasteiger partial charge in [-0.1, -0.05) is 0 Å². The third-order valence-electron chi connectivity index (χ3n) is 3.09. The number of nitrogens with one attached hydrogen (secondary N) is 1. The van der Waals surface area contributed by atoms with E-state index in [9.17, 15) is 0 Å². The van der Waals surface area contributed by atoms with Crippen LogP contribution in [-0.4, -0.2) is 38.1 Å². The van der Waals surface area contributed by atoms with E-state index < -0.39 is 0 Å². The lowest BCUT2D eigenvalue weighted by Crippen LogP contribution is -2.30. The van der Waals surface area contributed by atoms with Gasteiger partial charge in [-0.3, -0.25) is 0 Å². The van der Waals surface area contributed by atoms with Gasteiger partial charge in [0.2, 0.25) is 0 Å². The molecule has 0 aromatic carbocycles. The quantitative estimate of drug-likeness (QED) is 0.697. The summed E-state index contributed by atoms with van der Waals surface area (Å²) in [5, 5.41) is 12.2. The Bertz CT molecular complexity index is 230. The van der Waals surface area contributed by atoms with E-state index in [1.807, 2.05) is 13.8 Å². The van der Waals surface area contributed by atoms with Crippen molar-refractivity contribution in [1.29, 1.82) is 5.26 Å². The third kappa shape index (κ3) is 4.63. The predicted octanol–water partition coefficient (Wildman–Crippen LogP) is 1.47. The molecule has 3 heteroatoms. The molecule has 1 heterocycles. The van der Waals surface area contributed by atoms with Gasteiger partial charge in [-0.05, 0) is 52.7 Å². The molecule has 3 nitrogen and oxygen atoms in total. The van der Waals surface area contributed by atoms with Crippen LogP contribution in [0.15, 0.2) is 0 Å². The minimum Gasteiger partial charge on any atom is -0.315 e. The fourth-order valence-corrected chi connectivity index (χ4v) is 2.01. The van der Waals surface area contributed by atoms with Crippen LogP contribution < -0.4 is 5.32 Å². The molecule has 0 amide bonds. The zero-order valence-electron chi connectivity index (χ0n) is 10.2. The van der Waals surface area contributed by atoms with Crippen LogP contribution >= 0.6 is 0 Å². The van der Waals surface area contributed by atoms with Crippen molar-refractivity contribution in [3.63, 3.8) is 0 Å². The molecule has 15 heavy (non-hydrogen) atoms. The van der Waals surface area contributed by atoms with Crippen molar-refractivity contribution in [2.45, 2.75) is 26.7 Å². The van der Waals surface area contributed by atoms with Gasteiger partial charge >= 0.3 is 0 Å². The molecule has 0 aliphatic carbocycles. The maximum atomic E-state index is 8.84. The van der Waals surface area contributed by atoms with Crippen molar-refractivity contribution in [2.75, 3.05) is 33.2 Å². The molecule has 1 fully saturated rings. The molecule has 0 saturated carbocycles. The van der Waals surface area contributed by atoms with E-state index in [0.29, 0.717) is 0 Å². The first-order valence-corrected chi connectivity index (χ1v) is 5.84. The molecule has 1 aliphatic heterocycles. The minimum absolute atomic E-state index is 0.230. The van der Waals surface area contributed by atoms with Crippen LogP contribution in [0.4, 0.5) is 0 Å². The monoisotopic (exact) mass is 209 g/mol. The molecule has 1 aliphatic rings. The van der Waals surface area contributed by atoms with Gasteiger partial charge in [0.15, 0.2) is 0 Å². The first-order valence-electron chi connectivity index (χ1n) is 5.84. The molecule has 0 spiro atoms. The molecule has 0 aromatic rings. The molecule has 0 radical (unpaired) electrons. The highest BCUT2D eigenvalue weighted by Crippen LogP contribution is 2.17. The maximum Gasteiger partial charge on any atom is 0.0697 e. The van der Waals surface area contributed by atoms with E-state index in [1.54, 1.807) is 0 Å². The Labute approximate surface area is 93.5 Å². The minimum atomic E-state index is -0.230. The van der Waals surface area contributed by atoms with Crippen molar-refractivity contribution in [3.8, 4) is 6.07 Å². The number of hydrogen-bond acceptors (Lipinski definition) is 3. The van der Waals surface area contributed by atoms with Gasteiger partial charge in [0.05, 0.1) is 11.5 Å². The van der Waals surface area contributed by atoms with Crippen LogP contribution in [0.3, 0.4) is 0 Å². The van der Waals surface area contributed by atoms with E-state index in [4.69, 9.17) is 5.26 Å². The fraction of sp³-hybridized carbons (Fsp3) is 0.917. The zero-order valence-corrected chi connectivity index (χ0v) is 10.2. The highest BCUT2D eigenvalue weighted by molar-refractivity contribution is 4.93. The summed E-state index contributed by atoms with van der Waals surface area (Å²) in [6.45, 7) is 8.28. The largest absolute Gasteiger partial charge is 0.315 e. The van der Waals surface area contributed by atoms with E-state index in [0.717, 1.165) is 19.0 Å². The Morgan fingerprint density at radius 1 is 1.53 bits per heavy atom. The SMILES string of the molecule is CN1CCC(CCNCC(C)(C)C#N)C1. The number of likely N-dealkylation sites (tertiary alicyclic amines) is 1. The summed E-state index contributed by atoms with van der Waals surface area (Å²) in [5.74, 6) is 0.854. The Morgan fingerprint density at radius 3 is 2.80 bits per heavy atom. The normalized spacial score (nSPS) is 22.9. The van der Waals surface area contributed by atoms with Gasteiger partial charge in [-0.15, -0.1) is 0 Å². The van der Waals surface area contributed by atoms with Gasteiger partial charge in [0.1, 0.15) is 0 Å². The molecule has 1 N–H and O–H groups in total. The Hall–Kier alpha value is -0.590. The number of nitriles is 1. The summed E-state index contributed by atoms with van der Waals surface area (Å²) in [6, 6.07) is 2.31. The second kappa shape index (κ2) is 5.48. The molecular weight excluding hydrogens is 186 g/mol. The lowest BCUT2D eigenvalue weighted by atomic mass is 9.96.